The Morgan fingerprint density at radius 1 is 0.929 bits per heavy atom. The zero-order chi connectivity index (χ0) is 10.6. The van der Waals surface area contributed by atoms with E-state index in [-0.39, 0.29) is 0 Å². The summed E-state index contributed by atoms with van der Waals surface area (Å²) in [7, 11) is 0. The molecule has 14 heavy (non-hydrogen) atoms. The molecule has 0 aliphatic heterocycles. The van der Waals surface area contributed by atoms with Gasteiger partial charge in [0.15, 0.2) is 0 Å². The van der Waals surface area contributed by atoms with Crippen LogP contribution in [-0.4, -0.2) is 6.04 Å². The van der Waals surface area contributed by atoms with Gasteiger partial charge in [-0.3, -0.25) is 0 Å². The summed E-state index contributed by atoms with van der Waals surface area (Å²) < 4.78 is 0. The molecule has 1 unspecified atom stereocenters. The quantitative estimate of drug-likeness (QED) is 0.463. The van der Waals surface area contributed by atoms with Gasteiger partial charge in [0.05, 0.1) is 0 Å². The fourth-order valence-corrected chi connectivity index (χ4v) is 1.65. The maximum atomic E-state index is 5.19. The van der Waals surface area contributed by atoms with Gasteiger partial charge in [0, 0.05) is 13.3 Å². The highest BCUT2D eigenvalue weighted by atomic mass is 14.7. The molecule has 0 radical (unpaired) electrons. The molecule has 1 nitrogen and oxygen atoms in total. The second-order valence-electron chi connectivity index (χ2n) is 4.26. The number of rotatable bonds is 9. The number of nitrogens with zero attached hydrogens (tertiary/aromatic N) is 1. The zero-order valence-corrected chi connectivity index (χ0v) is 9.97. The SMILES string of the molecule is C#[N+]C(C)CCCCCCCCCC. The third-order valence-electron chi connectivity index (χ3n) is 2.73. The fraction of sp³-hybridized carbons (Fsp3) is 0.923. The highest BCUT2D eigenvalue weighted by molar-refractivity contribution is 4.76. The Balaban J connectivity index is 2.96. The largest absolute Gasteiger partial charge is 0.269 e. The van der Waals surface area contributed by atoms with Gasteiger partial charge in [0.2, 0.25) is 0 Å². The molecule has 0 aliphatic rings. The van der Waals surface area contributed by atoms with Crippen molar-refractivity contribution < 1.29 is 0 Å². The summed E-state index contributed by atoms with van der Waals surface area (Å²) in [6.07, 6.45) is 12.2. The van der Waals surface area contributed by atoms with E-state index in [1.54, 1.807) is 0 Å². The molecule has 0 rings (SSSR count). The van der Waals surface area contributed by atoms with Crippen molar-refractivity contribution in [3.8, 4) is 6.57 Å². The van der Waals surface area contributed by atoms with E-state index in [0.717, 1.165) is 6.42 Å². The lowest BCUT2D eigenvalue weighted by atomic mass is 10.1. The summed E-state index contributed by atoms with van der Waals surface area (Å²) in [5, 5.41) is 0. The van der Waals surface area contributed by atoms with Gasteiger partial charge >= 0.3 is 0 Å². The van der Waals surface area contributed by atoms with Crippen molar-refractivity contribution in [2.45, 2.75) is 77.7 Å². The Morgan fingerprint density at radius 2 is 1.43 bits per heavy atom. The molecule has 1 atom stereocenters. The van der Waals surface area contributed by atoms with E-state index in [0.29, 0.717) is 6.04 Å². The molecule has 0 saturated carbocycles. The van der Waals surface area contributed by atoms with Gasteiger partial charge in [-0.25, -0.2) is 0 Å². The van der Waals surface area contributed by atoms with Crippen LogP contribution in [0.4, 0.5) is 0 Å². The van der Waals surface area contributed by atoms with Crippen molar-refractivity contribution in [3.63, 3.8) is 0 Å². The Morgan fingerprint density at radius 3 is 1.93 bits per heavy atom. The zero-order valence-electron chi connectivity index (χ0n) is 9.97. The monoisotopic (exact) mass is 196 g/mol. The molecule has 0 saturated heterocycles. The Labute approximate surface area is 89.7 Å². The Bertz CT molecular complexity index is 146. The highest BCUT2D eigenvalue weighted by Gasteiger charge is 2.05. The second-order valence-corrected chi connectivity index (χ2v) is 4.26. The molecule has 0 aromatic carbocycles. The summed E-state index contributed by atoms with van der Waals surface area (Å²) in [5.41, 5.74) is 0. The number of hydrogen-bond donors (Lipinski definition) is 0. The predicted octanol–water partition coefficient (Wildman–Crippen LogP) is 4.87. The van der Waals surface area contributed by atoms with Crippen LogP contribution < -0.4 is 0 Å². The van der Waals surface area contributed by atoms with Crippen LogP contribution >= 0.6 is 0 Å². The van der Waals surface area contributed by atoms with Crippen LogP contribution in [0.2, 0.25) is 0 Å². The molecule has 0 fully saturated rings. The van der Waals surface area contributed by atoms with Crippen LogP contribution in [0.3, 0.4) is 0 Å². The first-order chi connectivity index (χ1) is 6.81. The van der Waals surface area contributed by atoms with Crippen LogP contribution in [0.15, 0.2) is 0 Å². The predicted molar refractivity (Wildman–Crippen MR) is 65.0 cm³/mol. The lowest BCUT2D eigenvalue weighted by Gasteiger charge is -2.00. The molecule has 0 bridgehead atoms. The first-order valence-electron chi connectivity index (χ1n) is 6.21. The molecule has 0 N–H and O–H groups in total. The van der Waals surface area contributed by atoms with Gasteiger partial charge in [-0.1, -0.05) is 56.7 Å². The van der Waals surface area contributed by atoms with Crippen molar-refractivity contribution in [2.24, 2.45) is 0 Å². The lowest BCUT2D eigenvalue weighted by Crippen LogP contribution is -1.93. The maximum absolute atomic E-state index is 5.19. The van der Waals surface area contributed by atoms with Gasteiger partial charge in [-0.05, 0) is 6.42 Å². The summed E-state index contributed by atoms with van der Waals surface area (Å²) in [4.78, 5) is 3.75. The first kappa shape index (κ1) is 13.5. The van der Waals surface area contributed by atoms with Crippen LogP contribution in [0.1, 0.15) is 71.6 Å². The normalized spacial score (nSPS) is 12.4. The van der Waals surface area contributed by atoms with E-state index in [1.165, 1.54) is 51.4 Å². The summed E-state index contributed by atoms with van der Waals surface area (Å²) >= 11 is 0. The minimum Gasteiger partial charge on any atom is -0.0840 e. The highest BCUT2D eigenvalue weighted by Crippen LogP contribution is 2.11. The Kier molecular flexibility index (Phi) is 10.2. The molecule has 0 spiro atoms. The van der Waals surface area contributed by atoms with E-state index in [9.17, 15) is 0 Å². The summed E-state index contributed by atoms with van der Waals surface area (Å²) in [6.45, 7) is 9.54. The van der Waals surface area contributed by atoms with Gasteiger partial charge in [-0.2, -0.15) is 0 Å². The maximum Gasteiger partial charge on any atom is 0.269 e. The smallest absolute Gasteiger partial charge is 0.0840 e. The van der Waals surface area contributed by atoms with E-state index in [4.69, 9.17) is 6.57 Å². The number of hydrogen-bond acceptors (Lipinski definition) is 0. The Hall–Kier alpha value is -0.510. The molecule has 0 heterocycles. The van der Waals surface area contributed by atoms with Crippen molar-refractivity contribution in [1.82, 2.24) is 0 Å². The summed E-state index contributed by atoms with van der Waals surface area (Å²) in [5.74, 6) is 0. The molecular formula is C13H26N+. The van der Waals surface area contributed by atoms with Crippen molar-refractivity contribution in [3.05, 3.63) is 4.85 Å². The first-order valence-corrected chi connectivity index (χ1v) is 6.21. The van der Waals surface area contributed by atoms with E-state index < -0.39 is 0 Å². The molecule has 0 amide bonds. The van der Waals surface area contributed by atoms with Crippen molar-refractivity contribution in [2.75, 3.05) is 0 Å². The molecule has 82 valence electrons. The lowest BCUT2D eigenvalue weighted by molar-refractivity contribution is 0.556. The van der Waals surface area contributed by atoms with E-state index >= 15 is 0 Å². The minimum absolute atomic E-state index is 0.357. The second kappa shape index (κ2) is 10.6. The topological polar surface area (TPSA) is 4.36 Å². The van der Waals surface area contributed by atoms with Gasteiger partial charge in [0.1, 0.15) is 0 Å². The standard InChI is InChI=1S/C13H26N/c1-4-5-6-7-8-9-10-11-12-13(2)14-3/h3,13H,4-12H2,1-2H3/q+1. The average Bonchev–Trinajstić information content (AvgIpc) is 2.21. The average molecular weight is 196 g/mol. The molecule has 0 aliphatic carbocycles. The molecule has 0 aromatic rings. The third kappa shape index (κ3) is 9.58. The van der Waals surface area contributed by atoms with Crippen LogP contribution in [0, 0.1) is 6.57 Å². The molecular weight excluding hydrogens is 170 g/mol. The third-order valence-corrected chi connectivity index (χ3v) is 2.73. The summed E-state index contributed by atoms with van der Waals surface area (Å²) in [6, 6.07) is 0.357. The number of unbranched alkanes of at least 4 members (excludes halogenated alkanes) is 7. The molecule has 1 heteroatoms. The minimum atomic E-state index is 0.357. The van der Waals surface area contributed by atoms with Crippen LogP contribution in [0.25, 0.3) is 4.85 Å². The van der Waals surface area contributed by atoms with Gasteiger partial charge in [-0.15, -0.1) is 0 Å². The van der Waals surface area contributed by atoms with Crippen LogP contribution in [-0.2, 0) is 0 Å². The van der Waals surface area contributed by atoms with Gasteiger partial charge < -0.3 is 0 Å². The fourth-order valence-electron chi connectivity index (χ4n) is 1.65. The van der Waals surface area contributed by atoms with E-state index in [1.807, 2.05) is 0 Å². The van der Waals surface area contributed by atoms with Crippen LogP contribution in [0.5, 0.6) is 0 Å². The van der Waals surface area contributed by atoms with E-state index in [2.05, 4.69) is 18.7 Å². The van der Waals surface area contributed by atoms with Gasteiger partial charge in [0.25, 0.3) is 12.6 Å². The van der Waals surface area contributed by atoms with Crippen molar-refractivity contribution in [1.29, 1.82) is 0 Å². The molecule has 0 aromatic heterocycles. The van der Waals surface area contributed by atoms with Crippen molar-refractivity contribution >= 4 is 0 Å².